The lowest BCUT2D eigenvalue weighted by atomic mass is 9.78. The summed E-state index contributed by atoms with van der Waals surface area (Å²) >= 11 is -2.62. The molecule has 0 fully saturated rings. The Balaban J connectivity index is 2.75. The first-order valence-electron chi connectivity index (χ1n) is 13.4. The fraction of sp³-hybridized carbons (Fsp3) is 0.625. The second-order valence-corrected chi connectivity index (χ2v) is 15.7. The average Bonchev–Trinajstić information content (AvgIpc) is 2.66. The van der Waals surface area contributed by atoms with E-state index < -0.39 is 15.1 Å². The van der Waals surface area contributed by atoms with E-state index in [1.54, 1.807) is 0 Å². The normalized spacial score (nSPS) is 13.1. The molecule has 3 nitrogen and oxygen atoms in total. The molecule has 2 aromatic carbocycles. The Morgan fingerprint density at radius 2 is 0.778 bits per heavy atom. The van der Waals surface area contributed by atoms with Crippen LogP contribution >= 0.6 is 0 Å². The maximum atomic E-state index is 6.89. The van der Waals surface area contributed by atoms with Crippen LogP contribution in [0.4, 0.5) is 0 Å². The summed E-state index contributed by atoms with van der Waals surface area (Å²) in [6, 6.07) is 9.04. The fourth-order valence-corrected chi connectivity index (χ4v) is 5.80. The van der Waals surface area contributed by atoms with Gasteiger partial charge in [-0.25, -0.2) is 0 Å². The van der Waals surface area contributed by atoms with Crippen molar-refractivity contribution in [1.29, 1.82) is 0 Å². The molecule has 0 N–H and O–H groups in total. The van der Waals surface area contributed by atoms with Gasteiger partial charge < -0.3 is 11.4 Å². The van der Waals surface area contributed by atoms with Crippen molar-refractivity contribution in [2.75, 3.05) is 6.61 Å². The molecular weight excluding hydrogens is 459 g/mol. The highest BCUT2D eigenvalue weighted by atomic mass is 27.3. The summed E-state index contributed by atoms with van der Waals surface area (Å²) in [5.41, 5.74) is 6.97. The molecular formula is C32H51AlO3. The number of hydrogen-bond acceptors (Lipinski definition) is 3. The fourth-order valence-electron chi connectivity index (χ4n) is 4.45. The predicted octanol–water partition coefficient (Wildman–Crippen LogP) is 8.97. The number of hydrogen-bond donors (Lipinski definition) is 0. The topological polar surface area (TPSA) is 27.7 Å². The molecule has 0 saturated heterocycles. The zero-order valence-electron chi connectivity index (χ0n) is 25.8. The van der Waals surface area contributed by atoms with Gasteiger partial charge in [0.2, 0.25) is 0 Å². The molecule has 4 heteroatoms. The molecule has 0 radical (unpaired) electrons. The minimum absolute atomic E-state index is 0.0798. The highest BCUT2D eigenvalue weighted by Crippen LogP contribution is 2.43. The van der Waals surface area contributed by atoms with Crippen LogP contribution in [0.3, 0.4) is 0 Å². The second kappa shape index (κ2) is 10.7. The van der Waals surface area contributed by atoms with Gasteiger partial charge in [-0.1, -0.05) is 118 Å². The zero-order chi connectivity index (χ0) is 27.9. The van der Waals surface area contributed by atoms with Gasteiger partial charge in [-0.15, -0.1) is 0 Å². The van der Waals surface area contributed by atoms with Crippen molar-refractivity contribution in [2.45, 2.75) is 126 Å². The van der Waals surface area contributed by atoms with Gasteiger partial charge in [0, 0.05) is 6.61 Å². The summed E-state index contributed by atoms with van der Waals surface area (Å²) in [5.74, 6) is 1.85. The van der Waals surface area contributed by atoms with Gasteiger partial charge in [0.1, 0.15) is 0 Å². The smallest absolute Gasteiger partial charge is 0.588 e. The van der Waals surface area contributed by atoms with E-state index in [1.807, 2.05) is 6.92 Å². The molecule has 0 aliphatic heterocycles. The molecule has 0 heterocycles. The quantitative estimate of drug-likeness (QED) is 0.363. The molecule has 0 atom stereocenters. The van der Waals surface area contributed by atoms with Crippen molar-refractivity contribution in [3.8, 4) is 11.5 Å². The van der Waals surface area contributed by atoms with Crippen LogP contribution in [0.5, 0.6) is 11.5 Å². The molecule has 0 bridgehead atoms. The van der Waals surface area contributed by atoms with Crippen LogP contribution in [0.2, 0.25) is 0 Å². The monoisotopic (exact) mass is 510 g/mol. The van der Waals surface area contributed by atoms with Gasteiger partial charge in [0.15, 0.2) is 0 Å². The van der Waals surface area contributed by atoms with Crippen LogP contribution in [0.25, 0.3) is 0 Å². The minimum Gasteiger partial charge on any atom is -0.588 e. The van der Waals surface area contributed by atoms with Crippen molar-refractivity contribution in [3.63, 3.8) is 0 Å². The number of benzene rings is 2. The number of rotatable bonds is 6. The lowest BCUT2D eigenvalue weighted by molar-refractivity contribution is 0.206. The minimum atomic E-state index is -2.62. The molecule has 0 unspecified atom stereocenters. The van der Waals surface area contributed by atoms with E-state index in [-0.39, 0.29) is 21.7 Å². The third-order valence-corrected chi connectivity index (χ3v) is 7.89. The Morgan fingerprint density at radius 3 is 0.972 bits per heavy atom. The first kappa shape index (κ1) is 30.8. The Morgan fingerprint density at radius 1 is 0.528 bits per heavy atom. The van der Waals surface area contributed by atoms with Crippen LogP contribution in [0.15, 0.2) is 24.3 Å². The van der Waals surface area contributed by atoms with Gasteiger partial charge in [-0.05, 0) is 64.7 Å². The summed E-state index contributed by atoms with van der Waals surface area (Å²) in [4.78, 5) is 0. The van der Waals surface area contributed by atoms with Gasteiger partial charge in [0.25, 0.3) is 0 Å². The molecule has 0 saturated carbocycles. The Kier molecular flexibility index (Phi) is 9.16. The third-order valence-electron chi connectivity index (χ3n) is 6.43. The Hall–Kier alpha value is -1.47. The van der Waals surface area contributed by atoms with Crippen molar-refractivity contribution < 1.29 is 11.4 Å². The lowest BCUT2D eigenvalue weighted by Gasteiger charge is -2.34. The van der Waals surface area contributed by atoms with E-state index in [1.165, 1.54) is 33.4 Å². The average molecular weight is 511 g/mol. The van der Waals surface area contributed by atoms with Crippen LogP contribution in [0.1, 0.15) is 123 Å². The van der Waals surface area contributed by atoms with E-state index in [0.717, 1.165) is 11.5 Å². The van der Waals surface area contributed by atoms with Crippen molar-refractivity contribution in [2.24, 2.45) is 0 Å². The van der Waals surface area contributed by atoms with Gasteiger partial charge in [-0.3, -0.25) is 0 Å². The van der Waals surface area contributed by atoms with Gasteiger partial charge in [0.05, 0.1) is 11.5 Å². The van der Waals surface area contributed by atoms with Crippen LogP contribution in [-0.2, 0) is 25.4 Å². The molecule has 0 aromatic heterocycles. The summed E-state index contributed by atoms with van der Waals surface area (Å²) < 4.78 is 20.1. The first-order chi connectivity index (χ1) is 16.2. The Labute approximate surface area is 227 Å². The second-order valence-electron chi connectivity index (χ2n) is 14.4. The molecule has 2 rings (SSSR count). The molecule has 0 aliphatic rings. The van der Waals surface area contributed by atoms with Gasteiger partial charge >= 0.3 is 15.1 Å². The van der Waals surface area contributed by atoms with E-state index in [9.17, 15) is 0 Å². The maximum Gasteiger partial charge on any atom is 1.10 e. The zero-order valence-corrected chi connectivity index (χ0v) is 27.0. The van der Waals surface area contributed by atoms with Crippen molar-refractivity contribution in [3.05, 3.63) is 57.6 Å². The van der Waals surface area contributed by atoms with Gasteiger partial charge in [-0.2, -0.15) is 0 Å². The highest BCUT2D eigenvalue weighted by molar-refractivity contribution is 6.38. The van der Waals surface area contributed by atoms with E-state index >= 15 is 0 Å². The summed E-state index contributed by atoms with van der Waals surface area (Å²) in [6.45, 7) is 33.8. The Bertz CT molecular complexity index is 903. The molecule has 200 valence electrons. The largest absolute Gasteiger partial charge is 1.10 e. The van der Waals surface area contributed by atoms with E-state index in [2.05, 4.69) is 121 Å². The SMILES string of the molecule is CC[O][Al]([O]c1c(C(C)(C)C)cc(C)cc1C(C)(C)C)[O]c1c(C(C)(C)C)cc(C)cc1C(C)(C)C. The van der Waals surface area contributed by atoms with E-state index in [4.69, 9.17) is 11.4 Å². The molecule has 2 aromatic rings. The van der Waals surface area contributed by atoms with Crippen LogP contribution < -0.4 is 7.58 Å². The highest BCUT2D eigenvalue weighted by Gasteiger charge is 2.44. The molecule has 36 heavy (non-hydrogen) atoms. The molecule has 0 amide bonds. The first-order valence-corrected chi connectivity index (χ1v) is 14.8. The summed E-state index contributed by atoms with van der Waals surface area (Å²) in [5, 5.41) is 0. The van der Waals surface area contributed by atoms with Crippen LogP contribution in [-0.4, -0.2) is 21.8 Å². The lowest BCUT2D eigenvalue weighted by Crippen LogP contribution is -2.37. The summed E-state index contributed by atoms with van der Waals surface area (Å²) in [7, 11) is 0. The standard InChI is InChI=1S/2C15H24O.C2H5O.Al/c2*1-10-8-11(14(2,3)4)13(16)12(9-10)15(5,6)7;1-2-3;/h2*8-9,16H,1-7H3;2H2,1H3;/q;;-1;+3/p-2. The van der Waals surface area contributed by atoms with Crippen molar-refractivity contribution >= 4 is 15.1 Å². The molecule has 0 spiro atoms. The van der Waals surface area contributed by atoms with Crippen LogP contribution in [0, 0.1) is 13.8 Å². The molecule has 0 aliphatic carbocycles. The third kappa shape index (κ3) is 7.53. The predicted molar refractivity (Wildman–Crippen MR) is 156 cm³/mol. The van der Waals surface area contributed by atoms with Crippen molar-refractivity contribution in [1.82, 2.24) is 0 Å². The van der Waals surface area contributed by atoms with E-state index in [0.29, 0.717) is 6.61 Å². The maximum absolute atomic E-state index is 6.89. The number of aryl methyl sites for hydroxylation is 2. The summed E-state index contributed by atoms with van der Waals surface area (Å²) in [6.07, 6.45) is 0.